The van der Waals surface area contributed by atoms with E-state index < -0.39 is 23.9 Å². The number of rotatable bonds is 5. The maximum atomic E-state index is 12.0. The lowest BCUT2D eigenvalue weighted by atomic mass is 9.99. The molecule has 0 saturated carbocycles. The minimum atomic E-state index is -0.838. The highest BCUT2D eigenvalue weighted by atomic mass is 16.2. The van der Waals surface area contributed by atoms with Gasteiger partial charge < -0.3 is 11.1 Å². The Kier molecular flexibility index (Phi) is 6.05. The summed E-state index contributed by atoms with van der Waals surface area (Å²) in [6.45, 7) is 3.65. The van der Waals surface area contributed by atoms with Crippen LogP contribution in [0.5, 0.6) is 0 Å². The smallest absolute Gasteiger partial charge is 0.312 e. The van der Waals surface area contributed by atoms with E-state index in [0.717, 1.165) is 0 Å². The van der Waals surface area contributed by atoms with Gasteiger partial charge in [-0.05, 0) is 5.92 Å². The topological polar surface area (TPSA) is 139 Å². The number of primary amides is 1. The van der Waals surface area contributed by atoms with Gasteiger partial charge in [0, 0.05) is 12.4 Å². The van der Waals surface area contributed by atoms with E-state index in [9.17, 15) is 14.4 Å². The van der Waals surface area contributed by atoms with Crippen molar-refractivity contribution in [2.75, 3.05) is 0 Å². The van der Waals surface area contributed by atoms with E-state index in [2.05, 4.69) is 26.1 Å². The van der Waals surface area contributed by atoms with E-state index in [1.54, 1.807) is 6.92 Å². The lowest BCUT2D eigenvalue weighted by molar-refractivity contribution is -0.124. The van der Waals surface area contributed by atoms with Gasteiger partial charge in [0.05, 0.1) is 6.20 Å². The SMILES string of the molecule is CCC(C)C(NC(N)=O)C(=O)NNC(=O)c1cnccn1. The number of urea groups is 1. The summed E-state index contributed by atoms with van der Waals surface area (Å²) >= 11 is 0. The van der Waals surface area contributed by atoms with Gasteiger partial charge in [-0.15, -0.1) is 0 Å². The molecular weight excluding hydrogens is 276 g/mol. The second-order valence-electron chi connectivity index (χ2n) is 4.41. The van der Waals surface area contributed by atoms with Gasteiger partial charge >= 0.3 is 6.03 Å². The Morgan fingerprint density at radius 1 is 1.29 bits per heavy atom. The van der Waals surface area contributed by atoms with Crippen LogP contribution in [0.15, 0.2) is 18.6 Å². The highest BCUT2D eigenvalue weighted by molar-refractivity contribution is 5.94. The number of carbonyl (C=O) groups excluding carboxylic acids is 3. The largest absolute Gasteiger partial charge is 0.352 e. The van der Waals surface area contributed by atoms with Crippen LogP contribution in [0.4, 0.5) is 4.79 Å². The summed E-state index contributed by atoms with van der Waals surface area (Å²) in [6.07, 6.45) is 4.68. The fourth-order valence-electron chi connectivity index (χ4n) is 1.53. The van der Waals surface area contributed by atoms with Crippen molar-refractivity contribution in [1.29, 1.82) is 0 Å². The number of hydrogen-bond donors (Lipinski definition) is 4. The normalized spacial score (nSPS) is 12.9. The molecule has 2 unspecified atom stereocenters. The molecule has 2 atom stereocenters. The molecular formula is C12H18N6O3. The van der Waals surface area contributed by atoms with Crippen molar-refractivity contribution in [1.82, 2.24) is 26.1 Å². The minimum absolute atomic E-state index is 0.0563. The van der Waals surface area contributed by atoms with E-state index >= 15 is 0 Å². The van der Waals surface area contributed by atoms with Crippen molar-refractivity contribution in [3.63, 3.8) is 0 Å². The van der Waals surface area contributed by atoms with Gasteiger partial charge in [-0.3, -0.25) is 25.4 Å². The predicted octanol–water partition coefficient (Wildman–Crippen LogP) is -0.679. The number of nitrogens with one attached hydrogen (secondary N) is 3. The van der Waals surface area contributed by atoms with Gasteiger partial charge in [0.15, 0.2) is 0 Å². The van der Waals surface area contributed by atoms with Crippen molar-refractivity contribution < 1.29 is 14.4 Å². The first-order valence-electron chi connectivity index (χ1n) is 6.37. The standard InChI is InChI=1S/C12H18N6O3/c1-3-7(2)9(16-12(13)21)11(20)18-17-10(19)8-6-14-4-5-15-8/h4-7,9H,3H2,1-2H3,(H,17,19)(H,18,20)(H3,13,16,21). The second-order valence-corrected chi connectivity index (χ2v) is 4.41. The van der Waals surface area contributed by atoms with Gasteiger partial charge in [0.1, 0.15) is 11.7 Å². The molecule has 9 nitrogen and oxygen atoms in total. The summed E-state index contributed by atoms with van der Waals surface area (Å²) in [5.74, 6) is -1.33. The molecule has 1 aromatic heterocycles. The van der Waals surface area contributed by atoms with Crippen molar-refractivity contribution in [2.24, 2.45) is 11.7 Å². The van der Waals surface area contributed by atoms with Crippen LogP contribution >= 0.6 is 0 Å². The van der Waals surface area contributed by atoms with Crippen molar-refractivity contribution in [2.45, 2.75) is 26.3 Å². The Labute approximate surface area is 121 Å². The molecule has 5 N–H and O–H groups in total. The number of carbonyl (C=O) groups is 3. The zero-order chi connectivity index (χ0) is 15.8. The fourth-order valence-corrected chi connectivity index (χ4v) is 1.53. The zero-order valence-corrected chi connectivity index (χ0v) is 11.8. The Morgan fingerprint density at radius 3 is 2.52 bits per heavy atom. The Bertz CT molecular complexity index is 507. The Balaban J connectivity index is 2.61. The summed E-state index contributed by atoms with van der Waals surface area (Å²) < 4.78 is 0. The fraction of sp³-hybridized carbons (Fsp3) is 0.417. The predicted molar refractivity (Wildman–Crippen MR) is 73.6 cm³/mol. The molecule has 0 bridgehead atoms. The third-order valence-corrected chi connectivity index (χ3v) is 2.89. The molecule has 1 heterocycles. The highest BCUT2D eigenvalue weighted by Crippen LogP contribution is 2.07. The Morgan fingerprint density at radius 2 is 2.00 bits per heavy atom. The molecule has 1 aromatic rings. The lowest BCUT2D eigenvalue weighted by Gasteiger charge is -2.22. The van der Waals surface area contributed by atoms with Crippen LogP contribution in [0.3, 0.4) is 0 Å². The molecule has 0 saturated heterocycles. The second kappa shape index (κ2) is 7.78. The number of nitrogens with zero attached hydrogens (tertiary/aromatic N) is 2. The van der Waals surface area contributed by atoms with Crippen LogP contribution in [0, 0.1) is 5.92 Å². The van der Waals surface area contributed by atoms with E-state index in [0.29, 0.717) is 6.42 Å². The van der Waals surface area contributed by atoms with Crippen molar-refractivity contribution in [3.05, 3.63) is 24.3 Å². The summed E-state index contributed by atoms with van der Waals surface area (Å²) in [6, 6.07) is -1.65. The number of hydrazine groups is 1. The summed E-state index contributed by atoms with van der Waals surface area (Å²) in [7, 11) is 0. The quantitative estimate of drug-likeness (QED) is 0.533. The highest BCUT2D eigenvalue weighted by Gasteiger charge is 2.25. The molecule has 0 aliphatic heterocycles. The molecule has 0 aromatic carbocycles. The molecule has 0 spiro atoms. The molecule has 9 heteroatoms. The monoisotopic (exact) mass is 294 g/mol. The van der Waals surface area contributed by atoms with Crippen LogP contribution in [-0.4, -0.2) is 33.9 Å². The number of hydrogen-bond acceptors (Lipinski definition) is 5. The van der Waals surface area contributed by atoms with Crippen LogP contribution in [0.2, 0.25) is 0 Å². The third-order valence-electron chi connectivity index (χ3n) is 2.89. The maximum absolute atomic E-state index is 12.0. The minimum Gasteiger partial charge on any atom is -0.352 e. The van der Waals surface area contributed by atoms with Crippen LogP contribution in [0.25, 0.3) is 0 Å². The van der Waals surface area contributed by atoms with Crippen molar-refractivity contribution >= 4 is 17.8 Å². The first-order valence-corrected chi connectivity index (χ1v) is 6.37. The van der Waals surface area contributed by atoms with Gasteiger partial charge in [0.2, 0.25) is 0 Å². The third kappa shape index (κ3) is 5.05. The van der Waals surface area contributed by atoms with E-state index in [1.807, 2.05) is 6.92 Å². The van der Waals surface area contributed by atoms with Gasteiger partial charge in [-0.1, -0.05) is 20.3 Å². The van der Waals surface area contributed by atoms with E-state index in [-0.39, 0.29) is 11.6 Å². The summed E-state index contributed by atoms with van der Waals surface area (Å²) in [4.78, 5) is 42.1. The lowest BCUT2D eigenvalue weighted by Crippen LogP contribution is -2.55. The molecule has 114 valence electrons. The van der Waals surface area contributed by atoms with Crippen LogP contribution < -0.4 is 21.9 Å². The molecule has 1 rings (SSSR count). The molecule has 21 heavy (non-hydrogen) atoms. The molecule has 4 amide bonds. The first-order chi connectivity index (χ1) is 9.95. The molecule has 0 radical (unpaired) electrons. The van der Waals surface area contributed by atoms with Crippen LogP contribution in [-0.2, 0) is 4.79 Å². The molecule has 0 aliphatic carbocycles. The summed E-state index contributed by atoms with van der Waals surface area (Å²) in [5, 5.41) is 2.34. The molecule has 0 fully saturated rings. The average Bonchev–Trinajstić information content (AvgIpc) is 2.49. The molecule has 0 aliphatic rings. The van der Waals surface area contributed by atoms with Crippen LogP contribution in [0.1, 0.15) is 30.8 Å². The van der Waals surface area contributed by atoms with E-state index in [1.165, 1.54) is 18.6 Å². The van der Waals surface area contributed by atoms with Crippen molar-refractivity contribution in [3.8, 4) is 0 Å². The number of aromatic nitrogens is 2. The maximum Gasteiger partial charge on any atom is 0.312 e. The Hall–Kier alpha value is -2.71. The first kappa shape index (κ1) is 16.3. The summed E-state index contributed by atoms with van der Waals surface area (Å²) in [5.41, 5.74) is 9.51. The zero-order valence-electron chi connectivity index (χ0n) is 11.8. The van der Waals surface area contributed by atoms with E-state index in [4.69, 9.17) is 5.73 Å². The van der Waals surface area contributed by atoms with Gasteiger partial charge in [-0.2, -0.15) is 0 Å². The number of amides is 4. The van der Waals surface area contributed by atoms with Gasteiger partial charge in [-0.25, -0.2) is 9.78 Å². The van der Waals surface area contributed by atoms with Gasteiger partial charge in [0.25, 0.3) is 11.8 Å². The number of nitrogens with two attached hydrogens (primary N) is 1. The average molecular weight is 294 g/mol.